The Morgan fingerprint density at radius 1 is 1.06 bits per heavy atom. The van der Waals surface area contributed by atoms with Gasteiger partial charge in [-0.2, -0.15) is 0 Å². The summed E-state index contributed by atoms with van der Waals surface area (Å²) in [5, 5.41) is 0. The van der Waals surface area contributed by atoms with Gasteiger partial charge in [0.05, 0.1) is 12.2 Å². The second-order valence-corrected chi connectivity index (χ2v) is 6.38. The molecule has 0 aromatic heterocycles. The zero-order chi connectivity index (χ0) is 12.3. The van der Waals surface area contributed by atoms with Crippen molar-refractivity contribution in [2.45, 2.75) is 52.7 Å². The highest BCUT2D eigenvalue weighted by Crippen LogP contribution is 2.54. The van der Waals surface area contributed by atoms with Crippen LogP contribution >= 0.6 is 0 Å². The van der Waals surface area contributed by atoms with E-state index < -0.39 is 0 Å². The van der Waals surface area contributed by atoms with Crippen molar-refractivity contribution in [1.29, 1.82) is 0 Å². The van der Waals surface area contributed by atoms with Crippen molar-refractivity contribution in [2.75, 3.05) is 0 Å². The molecule has 1 saturated carbocycles. The molecule has 1 aliphatic carbocycles. The average Bonchev–Trinajstić information content (AvgIpc) is 2.81. The predicted molar refractivity (Wildman–Crippen MR) is 66.6 cm³/mol. The maximum Gasteiger partial charge on any atom is 0.143 e. The van der Waals surface area contributed by atoms with E-state index in [0.717, 1.165) is 0 Å². The molecule has 0 amide bonds. The first-order valence-corrected chi connectivity index (χ1v) is 6.85. The van der Waals surface area contributed by atoms with Crippen LogP contribution in [-0.2, 0) is 9.53 Å². The summed E-state index contributed by atoms with van der Waals surface area (Å²) in [7, 11) is 0. The fourth-order valence-corrected chi connectivity index (χ4v) is 4.18. The molecule has 2 aliphatic heterocycles. The van der Waals surface area contributed by atoms with Gasteiger partial charge in [-0.05, 0) is 38.5 Å². The Kier molecular flexibility index (Phi) is 2.48. The summed E-state index contributed by atoms with van der Waals surface area (Å²) < 4.78 is 6.14. The lowest BCUT2D eigenvalue weighted by Crippen LogP contribution is -2.42. The molecule has 0 spiro atoms. The smallest absolute Gasteiger partial charge is 0.143 e. The molecule has 0 N–H and O–H groups in total. The zero-order valence-corrected chi connectivity index (χ0v) is 11.2. The second-order valence-electron chi connectivity index (χ2n) is 6.38. The van der Waals surface area contributed by atoms with Crippen LogP contribution in [0.3, 0.4) is 0 Å². The molecule has 2 nitrogen and oxygen atoms in total. The van der Waals surface area contributed by atoms with Gasteiger partial charge in [-0.25, -0.2) is 0 Å². The van der Waals surface area contributed by atoms with E-state index in [1.807, 2.05) is 0 Å². The Morgan fingerprint density at radius 3 is 1.94 bits per heavy atom. The third-order valence-electron chi connectivity index (χ3n) is 5.26. The van der Waals surface area contributed by atoms with Crippen LogP contribution in [0.1, 0.15) is 40.5 Å². The molecule has 0 radical (unpaired) electrons. The lowest BCUT2D eigenvalue weighted by molar-refractivity contribution is -0.147. The van der Waals surface area contributed by atoms with Crippen LogP contribution in [0, 0.1) is 23.7 Å². The molecule has 3 fully saturated rings. The Hall–Kier alpha value is -0.630. The number of hydrogen-bond donors (Lipinski definition) is 0. The number of hydrogen-bond acceptors (Lipinski definition) is 2. The maximum absolute atomic E-state index is 12.1. The van der Waals surface area contributed by atoms with Gasteiger partial charge in [0.2, 0.25) is 0 Å². The van der Waals surface area contributed by atoms with Crippen LogP contribution in [0.2, 0.25) is 0 Å². The fraction of sp³-hybridized carbons (Fsp3) is 0.800. The second kappa shape index (κ2) is 3.68. The van der Waals surface area contributed by atoms with E-state index in [9.17, 15) is 4.79 Å². The number of allylic oxidation sites excluding steroid dienone is 2. The van der Waals surface area contributed by atoms with Crippen molar-refractivity contribution in [2.24, 2.45) is 23.7 Å². The minimum Gasteiger partial charge on any atom is -0.373 e. The topological polar surface area (TPSA) is 26.3 Å². The number of Topliss-reactive ketones (excluding diaryl/α,β-unsaturated/α-hetero) is 1. The molecular weight excluding hydrogens is 212 g/mol. The van der Waals surface area contributed by atoms with Gasteiger partial charge in [-0.3, -0.25) is 4.79 Å². The largest absolute Gasteiger partial charge is 0.373 e. The van der Waals surface area contributed by atoms with Gasteiger partial charge >= 0.3 is 0 Å². The van der Waals surface area contributed by atoms with E-state index in [4.69, 9.17) is 4.74 Å². The van der Waals surface area contributed by atoms with E-state index in [0.29, 0.717) is 17.6 Å². The molecule has 3 rings (SSSR count). The monoisotopic (exact) mass is 234 g/mol. The molecule has 3 aliphatic rings. The fourth-order valence-electron chi connectivity index (χ4n) is 4.18. The van der Waals surface area contributed by atoms with E-state index in [1.165, 1.54) is 18.4 Å². The standard InChI is InChI=1S/C15H22O2/c1-7(2)10-5-11-12(6-10)15-9(4)13(16)8(3)14(11)17-15/h8-9,11-12,14-15H,5-6H2,1-4H3. The van der Waals surface area contributed by atoms with Crippen molar-refractivity contribution in [3.05, 3.63) is 11.1 Å². The first kappa shape index (κ1) is 11.5. The number of ketones is 1. The van der Waals surface area contributed by atoms with Gasteiger partial charge in [0.25, 0.3) is 0 Å². The predicted octanol–water partition coefficient (Wildman–Crippen LogP) is 2.97. The lowest BCUT2D eigenvalue weighted by Gasteiger charge is -2.32. The first-order chi connectivity index (χ1) is 8.00. The number of carbonyl (C=O) groups is 1. The van der Waals surface area contributed by atoms with Gasteiger partial charge in [0.15, 0.2) is 0 Å². The van der Waals surface area contributed by atoms with Crippen LogP contribution in [0.5, 0.6) is 0 Å². The number of fused-ring (bicyclic) bond motifs is 5. The molecule has 17 heavy (non-hydrogen) atoms. The maximum atomic E-state index is 12.1. The highest BCUT2D eigenvalue weighted by molar-refractivity contribution is 5.85. The molecule has 2 heterocycles. The van der Waals surface area contributed by atoms with E-state index >= 15 is 0 Å². The van der Waals surface area contributed by atoms with Crippen LogP contribution < -0.4 is 0 Å². The van der Waals surface area contributed by atoms with Gasteiger partial charge in [-0.1, -0.05) is 25.0 Å². The number of rotatable bonds is 0. The quantitative estimate of drug-likeness (QED) is 0.602. The summed E-state index contributed by atoms with van der Waals surface area (Å²) in [6.45, 7) is 8.54. The van der Waals surface area contributed by atoms with Crippen molar-refractivity contribution >= 4 is 5.78 Å². The number of carbonyl (C=O) groups excluding carboxylic acids is 1. The molecule has 6 unspecified atom stereocenters. The first-order valence-electron chi connectivity index (χ1n) is 6.85. The normalized spacial score (nSPS) is 48.5. The summed E-state index contributed by atoms with van der Waals surface area (Å²) in [6, 6.07) is 0. The van der Waals surface area contributed by atoms with Crippen molar-refractivity contribution < 1.29 is 9.53 Å². The van der Waals surface area contributed by atoms with Crippen molar-refractivity contribution in [3.63, 3.8) is 0 Å². The summed E-state index contributed by atoms with van der Waals surface area (Å²) in [5.74, 6) is 1.85. The lowest BCUT2D eigenvalue weighted by atomic mass is 9.86. The third kappa shape index (κ3) is 1.46. The van der Waals surface area contributed by atoms with E-state index in [1.54, 1.807) is 5.57 Å². The minimum absolute atomic E-state index is 0.104. The minimum atomic E-state index is 0.104. The zero-order valence-electron chi connectivity index (χ0n) is 11.2. The molecule has 2 bridgehead atoms. The van der Waals surface area contributed by atoms with E-state index in [2.05, 4.69) is 27.7 Å². The molecule has 2 heteroatoms. The molecule has 2 saturated heterocycles. The number of ether oxygens (including phenoxy) is 1. The molecule has 94 valence electrons. The highest BCUT2D eigenvalue weighted by Gasteiger charge is 2.57. The van der Waals surface area contributed by atoms with Crippen LogP contribution in [0.4, 0.5) is 0 Å². The van der Waals surface area contributed by atoms with Gasteiger partial charge < -0.3 is 4.74 Å². The van der Waals surface area contributed by atoms with Gasteiger partial charge in [0.1, 0.15) is 5.78 Å². The van der Waals surface area contributed by atoms with E-state index in [-0.39, 0.29) is 24.0 Å². The summed E-state index contributed by atoms with van der Waals surface area (Å²) in [6.07, 6.45) is 2.73. The highest BCUT2D eigenvalue weighted by atomic mass is 16.5. The molecular formula is C15H22O2. The van der Waals surface area contributed by atoms with Crippen LogP contribution in [-0.4, -0.2) is 18.0 Å². The van der Waals surface area contributed by atoms with Crippen LogP contribution in [0.25, 0.3) is 0 Å². The summed E-state index contributed by atoms with van der Waals surface area (Å²) in [5.41, 5.74) is 3.09. The Balaban J connectivity index is 1.94. The average molecular weight is 234 g/mol. The van der Waals surface area contributed by atoms with Crippen molar-refractivity contribution in [3.8, 4) is 0 Å². The Morgan fingerprint density at radius 2 is 1.53 bits per heavy atom. The molecule has 6 atom stereocenters. The Labute approximate surface area is 103 Å². The molecule has 0 aromatic rings. The third-order valence-corrected chi connectivity index (χ3v) is 5.26. The summed E-state index contributed by atoms with van der Waals surface area (Å²) >= 11 is 0. The van der Waals surface area contributed by atoms with Crippen molar-refractivity contribution in [1.82, 2.24) is 0 Å². The molecule has 0 aromatic carbocycles. The summed E-state index contributed by atoms with van der Waals surface area (Å²) in [4.78, 5) is 12.1. The van der Waals surface area contributed by atoms with Gasteiger partial charge in [-0.15, -0.1) is 0 Å². The Bertz CT molecular complexity index is 364. The van der Waals surface area contributed by atoms with Gasteiger partial charge in [0, 0.05) is 11.8 Å². The van der Waals surface area contributed by atoms with Crippen LogP contribution in [0.15, 0.2) is 11.1 Å². The SMILES string of the molecule is CC(C)=C1CC2C(C1)C1OC2C(C)C(=O)C1C.